The van der Waals surface area contributed by atoms with Gasteiger partial charge in [0.15, 0.2) is 17.3 Å². The number of aromatic nitrogens is 1. The molecule has 0 spiro atoms. The molecule has 0 saturated heterocycles. The van der Waals surface area contributed by atoms with Crippen LogP contribution in [0.1, 0.15) is 34.1 Å². The molecule has 0 radical (unpaired) electrons. The van der Waals surface area contributed by atoms with Crippen molar-refractivity contribution in [1.82, 2.24) is 9.99 Å². The van der Waals surface area contributed by atoms with E-state index < -0.39 is 11.9 Å². The molecule has 2 aromatic heterocycles. The number of para-hydroxylation sites is 2. The Morgan fingerprint density at radius 2 is 1.80 bits per heavy atom. The van der Waals surface area contributed by atoms with E-state index in [2.05, 4.69) is 4.98 Å². The van der Waals surface area contributed by atoms with Crippen molar-refractivity contribution in [3.8, 4) is 17.2 Å². The van der Waals surface area contributed by atoms with Crippen LogP contribution in [0.2, 0.25) is 5.15 Å². The Morgan fingerprint density at radius 1 is 1.03 bits per heavy atom. The smallest absolute Gasteiger partial charge is 0.310 e. The van der Waals surface area contributed by atoms with Crippen molar-refractivity contribution < 1.29 is 23.4 Å². The van der Waals surface area contributed by atoms with Gasteiger partial charge in [-0.25, -0.2) is 9.99 Å². The minimum atomic E-state index is -0.519. The van der Waals surface area contributed by atoms with E-state index in [1.54, 1.807) is 39.5 Å². The molecule has 1 atom stereocenters. The Labute approximate surface area is 206 Å². The number of hydrogen-bond acceptors (Lipinski definition) is 7. The number of fused-ring (bicyclic) bond motifs is 1. The quantitative estimate of drug-likeness (QED) is 0.331. The number of rotatable bonds is 6. The van der Waals surface area contributed by atoms with Crippen molar-refractivity contribution in [2.24, 2.45) is 5.10 Å². The molecule has 0 bridgehead atoms. The van der Waals surface area contributed by atoms with Crippen LogP contribution in [0.5, 0.6) is 17.2 Å². The Balaban J connectivity index is 1.64. The minimum Gasteiger partial charge on any atom is -0.494 e. The van der Waals surface area contributed by atoms with Crippen molar-refractivity contribution in [2.75, 3.05) is 21.3 Å². The molecule has 1 aliphatic heterocycles. The highest BCUT2D eigenvalue weighted by Gasteiger charge is 2.37. The zero-order valence-corrected chi connectivity index (χ0v) is 20.1. The van der Waals surface area contributed by atoms with E-state index in [0.29, 0.717) is 40.5 Å². The van der Waals surface area contributed by atoms with Crippen LogP contribution in [0.4, 0.5) is 0 Å². The Hall–Kier alpha value is -4.04. The molecule has 0 aliphatic carbocycles. The topological polar surface area (TPSA) is 86.4 Å². The van der Waals surface area contributed by atoms with Crippen molar-refractivity contribution >= 4 is 34.1 Å². The zero-order valence-electron chi connectivity index (χ0n) is 19.3. The number of furan rings is 1. The van der Waals surface area contributed by atoms with Gasteiger partial charge in [-0.15, -0.1) is 0 Å². The summed E-state index contributed by atoms with van der Waals surface area (Å²) in [4.78, 5) is 18.0. The lowest BCUT2D eigenvalue weighted by Crippen LogP contribution is -2.27. The maximum absolute atomic E-state index is 13.4. The first-order chi connectivity index (χ1) is 17.0. The maximum Gasteiger partial charge on any atom is 0.310 e. The van der Waals surface area contributed by atoms with Crippen LogP contribution in [0.3, 0.4) is 0 Å². The molecule has 4 aromatic rings. The first-order valence-corrected chi connectivity index (χ1v) is 11.2. The number of methoxy groups -OCH3 is 3. The van der Waals surface area contributed by atoms with Gasteiger partial charge in [0.1, 0.15) is 16.4 Å². The highest BCUT2D eigenvalue weighted by Crippen LogP contribution is 2.41. The van der Waals surface area contributed by atoms with Crippen LogP contribution in [0, 0.1) is 0 Å². The molecule has 9 heteroatoms. The molecule has 3 heterocycles. The molecule has 178 valence electrons. The fraction of sp³-hybridized carbons (Fsp3) is 0.192. The van der Waals surface area contributed by atoms with Crippen molar-refractivity contribution in [2.45, 2.75) is 12.5 Å². The first kappa shape index (κ1) is 22.7. The van der Waals surface area contributed by atoms with Crippen LogP contribution in [-0.4, -0.2) is 42.9 Å². The lowest BCUT2D eigenvalue weighted by molar-refractivity contribution is 0.0678. The van der Waals surface area contributed by atoms with Crippen LogP contribution >= 0.6 is 11.6 Å². The number of pyridine rings is 1. The average molecular weight is 492 g/mol. The number of amides is 1. The summed E-state index contributed by atoms with van der Waals surface area (Å²) in [5.74, 6) is 1.50. The molecular formula is C26H22ClN3O5. The van der Waals surface area contributed by atoms with E-state index in [1.807, 2.05) is 36.4 Å². The standard InChI is InChI=1S/C26H22ClN3O5/c1-32-20-9-4-7-15-13-17(25(27)28-23(15)20)19-14-18(16-8-5-10-21(33-2)24(16)34-3)29-30(19)26(31)22-11-6-12-35-22/h4-13,19H,14H2,1-3H3/t19-/m0/s1. The molecule has 0 unspecified atom stereocenters. The molecule has 1 aliphatic rings. The summed E-state index contributed by atoms with van der Waals surface area (Å²) >= 11 is 6.68. The zero-order chi connectivity index (χ0) is 24.5. The molecule has 1 amide bonds. The predicted molar refractivity (Wildman–Crippen MR) is 132 cm³/mol. The lowest BCUT2D eigenvalue weighted by Gasteiger charge is -2.22. The van der Waals surface area contributed by atoms with Crippen molar-refractivity contribution in [3.63, 3.8) is 0 Å². The van der Waals surface area contributed by atoms with Gasteiger partial charge < -0.3 is 18.6 Å². The number of carbonyl (C=O) groups is 1. The third-order valence-corrected chi connectivity index (χ3v) is 6.24. The van der Waals surface area contributed by atoms with Gasteiger partial charge >= 0.3 is 5.91 Å². The SMILES string of the molecule is COc1cccc(C2=NN(C(=O)c3ccco3)[C@H](c3cc4cccc(OC)c4nc3Cl)C2)c1OC. The number of benzene rings is 2. The van der Waals surface area contributed by atoms with Gasteiger partial charge in [-0.05, 0) is 36.4 Å². The van der Waals surface area contributed by atoms with E-state index in [-0.39, 0.29) is 10.9 Å². The summed E-state index contributed by atoms with van der Waals surface area (Å²) in [6.07, 6.45) is 1.83. The third-order valence-electron chi connectivity index (χ3n) is 5.93. The van der Waals surface area contributed by atoms with E-state index in [9.17, 15) is 4.79 Å². The molecule has 8 nitrogen and oxygen atoms in total. The molecule has 0 N–H and O–H groups in total. The summed E-state index contributed by atoms with van der Waals surface area (Å²) in [6.45, 7) is 0. The van der Waals surface area contributed by atoms with E-state index in [1.165, 1.54) is 11.3 Å². The van der Waals surface area contributed by atoms with Gasteiger partial charge in [0, 0.05) is 22.9 Å². The second-order valence-corrected chi connectivity index (χ2v) is 8.19. The fourth-order valence-corrected chi connectivity index (χ4v) is 4.56. The van der Waals surface area contributed by atoms with E-state index in [4.69, 9.17) is 35.3 Å². The predicted octanol–water partition coefficient (Wildman–Crippen LogP) is 5.50. The normalized spacial score (nSPS) is 15.3. The van der Waals surface area contributed by atoms with Gasteiger partial charge in [0.25, 0.3) is 0 Å². The molecule has 0 fully saturated rings. The second-order valence-electron chi connectivity index (χ2n) is 7.84. The number of halogens is 1. The average Bonchev–Trinajstić information content (AvgIpc) is 3.58. The molecule has 35 heavy (non-hydrogen) atoms. The molecule has 2 aromatic carbocycles. The van der Waals surface area contributed by atoms with Crippen LogP contribution < -0.4 is 14.2 Å². The van der Waals surface area contributed by atoms with E-state index in [0.717, 1.165) is 10.9 Å². The van der Waals surface area contributed by atoms with Gasteiger partial charge in [-0.1, -0.05) is 29.8 Å². The number of carbonyl (C=O) groups excluding carboxylic acids is 1. The summed E-state index contributed by atoms with van der Waals surface area (Å²) in [7, 11) is 4.72. The maximum atomic E-state index is 13.4. The highest BCUT2D eigenvalue weighted by molar-refractivity contribution is 6.30. The Kier molecular flexibility index (Phi) is 6.05. The fourth-order valence-electron chi connectivity index (χ4n) is 4.29. The third kappa shape index (κ3) is 3.95. The Bertz CT molecular complexity index is 1430. The minimum absolute atomic E-state index is 0.171. The largest absolute Gasteiger partial charge is 0.494 e. The van der Waals surface area contributed by atoms with Crippen molar-refractivity contribution in [1.29, 1.82) is 0 Å². The van der Waals surface area contributed by atoms with Gasteiger partial charge in [-0.2, -0.15) is 5.10 Å². The van der Waals surface area contributed by atoms with Gasteiger partial charge in [0.2, 0.25) is 0 Å². The van der Waals surface area contributed by atoms with Crippen LogP contribution in [0.15, 0.2) is 70.4 Å². The summed E-state index contributed by atoms with van der Waals surface area (Å²) in [5.41, 5.74) is 2.67. The van der Waals surface area contributed by atoms with Gasteiger partial charge in [-0.3, -0.25) is 4.79 Å². The van der Waals surface area contributed by atoms with Gasteiger partial charge in [0.05, 0.1) is 39.3 Å². The van der Waals surface area contributed by atoms with Crippen molar-refractivity contribution in [3.05, 3.63) is 82.9 Å². The van der Waals surface area contributed by atoms with Crippen LogP contribution in [-0.2, 0) is 0 Å². The summed E-state index contributed by atoms with van der Waals surface area (Å²) < 4.78 is 21.9. The Morgan fingerprint density at radius 3 is 2.51 bits per heavy atom. The highest BCUT2D eigenvalue weighted by atomic mass is 35.5. The first-order valence-electron chi connectivity index (χ1n) is 10.8. The molecular weight excluding hydrogens is 470 g/mol. The monoisotopic (exact) mass is 491 g/mol. The number of hydrazone groups is 1. The lowest BCUT2D eigenvalue weighted by atomic mass is 9.97. The number of ether oxygens (including phenoxy) is 3. The van der Waals surface area contributed by atoms with Crippen LogP contribution in [0.25, 0.3) is 10.9 Å². The summed E-state index contributed by atoms with van der Waals surface area (Å²) in [5, 5.41) is 7.19. The number of nitrogens with zero attached hydrogens (tertiary/aromatic N) is 3. The summed E-state index contributed by atoms with van der Waals surface area (Å²) in [6, 6.07) is 15.8. The molecule has 5 rings (SSSR count). The second kappa shape index (κ2) is 9.31. The van der Waals surface area contributed by atoms with E-state index >= 15 is 0 Å². The number of hydrogen-bond donors (Lipinski definition) is 0. The molecule has 0 saturated carbocycles.